The first-order valence-corrected chi connectivity index (χ1v) is 7.85. The average molecular weight is 311 g/mol. The summed E-state index contributed by atoms with van der Waals surface area (Å²) in [5, 5.41) is 8.98. The van der Waals surface area contributed by atoms with Crippen molar-refractivity contribution in [2.75, 3.05) is 7.11 Å². The molecule has 1 N–H and O–H groups in total. The van der Waals surface area contributed by atoms with Crippen LogP contribution >= 0.6 is 0 Å². The molecule has 2 aromatic carbocycles. The molecule has 1 fully saturated rings. The van der Waals surface area contributed by atoms with Crippen LogP contribution in [0.25, 0.3) is 0 Å². The maximum atomic E-state index is 10.9. The molecule has 2 aromatic rings. The number of aromatic carboxylic acids is 1. The van der Waals surface area contributed by atoms with Crippen molar-refractivity contribution >= 4 is 5.97 Å². The molecule has 0 radical (unpaired) electrons. The number of methoxy groups -OCH3 is 1. The predicted octanol–water partition coefficient (Wildman–Crippen LogP) is 3.56. The van der Waals surface area contributed by atoms with Crippen LogP contribution in [0, 0.1) is 0 Å². The van der Waals surface area contributed by atoms with E-state index in [1.807, 2.05) is 30.3 Å². The van der Waals surface area contributed by atoms with Gasteiger partial charge in [-0.2, -0.15) is 0 Å². The van der Waals surface area contributed by atoms with Crippen LogP contribution in [-0.4, -0.2) is 29.1 Å². The van der Waals surface area contributed by atoms with Gasteiger partial charge in [-0.15, -0.1) is 0 Å². The molecule has 0 saturated heterocycles. The number of carbonyl (C=O) groups is 1. The van der Waals surface area contributed by atoms with Gasteiger partial charge in [0.2, 0.25) is 0 Å². The van der Waals surface area contributed by atoms with Crippen LogP contribution in [0.1, 0.15) is 34.3 Å². The van der Waals surface area contributed by atoms with Crippen molar-refractivity contribution in [2.24, 2.45) is 0 Å². The minimum atomic E-state index is -0.885. The van der Waals surface area contributed by atoms with Crippen LogP contribution in [0.4, 0.5) is 0 Å². The summed E-state index contributed by atoms with van der Waals surface area (Å²) in [6, 6.07) is 15.9. The Hall–Kier alpha value is -2.33. The van der Waals surface area contributed by atoms with Crippen molar-refractivity contribution in [1.29, 1.82) is 0 Å². The van der Waals surface area contributed by atoms with Crippen LogP contribution in [0.15, 0.2) is 48.5 Å². The van der Waals surface area contributed by atoms with Gasteiger partial charge in [0.05, 0.1) is 12.7 Å². The lowest BCUT2D eigenvalue weighted by Gasteiger charge is -2.23. The summed E-state index contributed by atoms with van der Waals surface area (Å²) in [5.74, 6) is 0.0315. The molecule has 3 rings (SSSR count). The summed E-state index contributed by atoms with van der Waals surface area (Å²) in [6.07, 6.45) is 2.45. The van der Waals surface area contributed by atoms with Gasteiger partial charge in [0.1, 0.15) is 5.75 Å². The number of para-hydroxylation sites is 1. The first-order valence-electron chi connectivity index (χ1n) is 7.85. The molecule has 0 amide bonds. The fraction of sp³-hybridized carbons (Fsp3) is 0.316. The van der Waals surface area contributed by atoms with Gasteiger partial charge in [-0.3, -0.25) is 4.90 Å². The van der Waals surface area contributed by atoms with Gasteiger partial charge < -0.3 is 9.84 Å². The molecule has 1 saturated carbocycles. The van der Waals surface area contributed by atoms with E-state index in [0.29, 0.717) is 11.6 Å². The standard InChI is InChI=1S/C19H21NO3/c1-23-18-5-3-2-4-16(18)13-20(17-10-11-17)12-14-6-8-15(9-7-14)19(21)22/h2-9,17H,10-13H2,1H3,(H,21,22). The van der Waals surface area contributed by atoms with E-state index in [9.17, 15) is 4.79 Å². The monoisotopic (exact) mass is 311 g/mol. The number of nitrogens with zero attached hydrogens (tertiary/aromatic N) is 1. The lowest BCUT2D eigenvalue weighted by atomic mass is 10.1. The zero-order chi connectivity index (χ0) is 16.2. The van der Waals surface area contributed by atoms with Gasteiger partial charge in [0.15, 0.2) is 0 Å². The quantitative estimate of drug-likeness (QED) is 0.849. The molecule has 120 valence electrons. The molecular formula is C19H21NO3. The minimum absolute atomic E-state index is 0.330. The van der Waals surface area contributed by atoms with Crippen molar-refractivity contribution in [3.8, 4) is 5.75 Å². The number of hydrogen-bond acceptors (Lipinski definition) is 3. The van der Waals surface area contributed by atoms with E-state index in [4.69, 9.17) is 9.84 Å². The maximum Gasteiger partial charge on any atom is 0.335 e. The van der Waals surface area contributed by atoms with Crippen LogP contribution in [0.2, 0.25) is 0 Å². The largest absolute Gasteiger partial charge is 0.496 e. The molecular weight excluding hydrogens is 290 g/mol. The normalized spacial score (nSPS) is 14.0. The average Bonchev–Trinajstić information content (AvgIpc) is 3.40. The van der Waals surface area contributed by atoms with Crippen molar-refractivity contribution < 1.29 is 14.6 Å². The molecule has 0 atom stereocenters. The number of carboxylic acid groups (broad SMARTS) is 1. The van der Waals surface area contributed by atoms with Crippen LogP contribution in [0.3, 0.4) is 0 Å². The molecule has 0 aliphatic heterocycles. The third-order valence-corrected chi connectivity index (χ3v) is 4.22. The van der Waals surface area contributed by atoms with Gasteiger partial charge in [-0.05, 0) is 36.6 Å². The van der Waals surface area contributed by atoms with Gasteiger partial charge in [-0.25, -0.2) is 4.79 Å². The molecule has 4 heteroatoms. The molecule has 1 aliphatic rings. The zero-order valence-electron chi connectivity index (χ0n) is 13.2. The first-order chi connectivity index (χ1) is 11.2. The highest BCUT2D eigenvalue weighted by atomic mass is 16.5. The van der Waals surface area contributed by atoms with Gasteiger partial charge in [0.25, 0.3) is 0 Å². The SMILES string of the molecule is COc1ccccc1CN(Cc1ccc(C(=O)O)cc1)C1CC1. The Morgan fingerprint density at radius 2 is 1.83 bits per heavy atom. The van der Waals surface area contributed by atoms with Gasteiger partial charge in [0, 0.05) is 24.7 Å². The van der Waals surface area contributed by atoms with Crippen molar-refractivity contribution in [1.82, 2.24) is 4.90 Å². The lowest BCUT2D eigenvalue weighted by molar-refractivity contribution is 0.0697. The maximum absolute atomic E-state index is 10.9. The molecule has 0 unspecified atom stereocenters. The molecule has 23 heavy (non-hydrogen) atoms. The number of hydrogen-bond donors (Lipinski definition) is 1. The third-order valence-electron chi connectivity index (χ3n) is 4.22. The van der Waals surface area contributed by atoms with E-state index in [0.717, 1.165) is 24.4 Å². The number of benzene rings is 2. The summed E-state index contributed by atoms with van der Waals surface area (Å²) < 4.78 is 5.45. The Morgan fingerprint density at radius 3 is 2.43 bits per heavy atom. The molecule has 0 aromatic heterocycles. The van der Waals surface area contributed by atoms with E-state index in [2.05, 4.69) is 11.0 Å². The van der Waals surface area contributed by atoms with Gasteiger partial charge >= 0.3 is 5.97 Å². The van der Waals surface area contributed by atoms with Crippen molar-refractivity contribution in [3.05, 3.63) is 65.2 Å². The summed E-state index contributed by atoms with van der Waals surface area (Å²) in [4.78, 5) is 13.4. The number of carboxylic acids is 1. The second kappa shape index (κ2) is 6.84. The topological polar surface area (TPSA) is 49.8 Å². The van der Waals surface area contributed by atoms with Crippen LogP contribution in [-0.2, 0) is 13.1 Å². The van der Waals surface area contributed by atoms with E-state index < -0.39 is 5.97 Å². The number of rotatable bonds is 7. The Morgan fingerprint density at radius 1 is 1.13 bits per heavy atom. The highest BCUT2D eigenvalue weighted by Gasteiger charge is 2.29. The van der Waals surface area contributed by atoms with E-state index in [1.54, 1.807) is 19.2 Å². The summed E-state index contributed by atoms with van der Waals surface area (Å²) in [5.41, 5.74) is 2.65. The van der Waals surface area contributed by atoms with Crippen molar-refractivity contribution in [3.63, 3.8) is 0 Å². The second-order valence-corrected chi connectivity index (χ2v) is 5.95. The van der Waals surface area contributed by atoms with E-state index >= 15 is 0 Å². The second-order valence-electron chi connectivity index (χ2n) is 5.95. The van der Waals surface area contributed by atoms with Crippen molar-refractivity contribution in [2.45, 2.75) is 32.0 Å². The van der Waals surface area contributed by atoms with Crippen LogP contribution in [0.5, 0.6) is 5.75 Å². The lowest BCUT2D eigenvalue weighted by Crippen LogP contribution is -2.25. The van der Waals surface area contributed by atoms with Gasteiger partial charge in [-0.1, -0.05) is 30.3 Å². The molecule has 0 bridgehead atoms. The molecule has 0 spiro atoms. The number of ether oxygens (including phenoxy) is 1. The fourth-order valence-corrected chi connectivity index (χ4v) is 2.79. The Balaban J connectivity index is 1.73. The molecule has 1 aliphatic carbocycles. The summed E-state index contributed by atoms with van der Waals surface area (Å²) in [7, 11) is 1.70. The highest BCUT2D eigenvalue weighted by Crippen LogP contribution is 2.31. The predicted molar refractivity (Wildman–Crippen MR) is 88.7 cm³/mol. The smallest absolute Gasteiger partial charge is 0.335 e. The Kier molecular flexibility index (Phi) is 4.63. The summed E-state index contributed by atoms with van der Waals surface area (Å²) >= 11 is 0. The molecule has 4 nitrogen and oxygen atoms in total. The highest BCUT2D eigenvalue weighted by molar-refractivity contribution is 5.87. The summed E-state index contributed by atoms with van der Waals surface area (Å²) in [6.45, 7) is 1.66. The zero-order valence-corrected chi connectivity index (χ0v) is 13.2. The first kappa shape index (κ1) is 15.6. The minimum Gasteiger partial charge on any atom is -0.496 e. The van der Waals surface area contributed by atoms with Crippen LogP contribution < -0.4 is 4.74 Å². The fourth-order valence-electron chi connectivity index (χ4n) is 2.79. The Labute approximate surface area is 136 Å². The Bertz CT molecular complexity index is 677. The van der Waals surface area contributed by atoms with E-state index in [-0.39, 0.29) is 0 Å². The van der Waals surface area contributed by atoms with E-state index in [1.165, 1.54) is 18.4 Å². The molecule has 0 heterocycles. The third kappa shape index (κ3) is 3.90.